The Bertz CT molecular complexity index is 1720. The molecule has 0 aliphatic heterocycles. The molecule has 0 unspecified atom stereocenters. The molecule has 230 valence electrons. The second kappa shape index (κ2) is 15.9. The Balaban J connectivity index is 1.06. The maximum absolute atomic E-state index is 2.26. The van der Waals surface area contributed by atoms with Crippen LogP contribution in [0.15, 0.2) is 121 Å². The SMILES string of the molecule is CCCCc1ccc(C=Cc2ccc(-c3ccc(-c4ccc(-c5ccc(C=Cc6ccc(CCCC)cc6)cc5)s4)s3)cc2)cc1. The molecule has 6 aromatic rings. The summed E-state index contributed by atoms with van der Waals surface area (Å²) in [6.45, 7) is 4.49. The monoisotopic (exact) mass is 634 g/mol. The van der Waals surface area contributed by atoms with Crippen molar-refractivity contribution in [3.63, 3.8) is 0 Å². The van der Waals surface area contributed by atoms with Crippen molar-refractivity contribution in [1.82, 2.24) is 0 Å². The molecule has 0 saturated heterocycles. The van der Waals surface area contributed by atoms with Crippen molar-refractivity contribution in [3.8, 4) is 30.6 Å². The predicted molar refractivity (Wildman–Crippen MR) is 206 cm³/mol. The second-order valence-corrected chi connectivity index (χ2v) is 14.1. The van der Waals surface area contributed by atoms with Gasteiger partial charge in [0, 0.05) is 19.5 Å². The smallest absolute Gasteiger partial charge is 0.0449 e. The molecule has 0 nitrogen and oxygen atoms in total. The summed E-state index contributed by atoms with van der Waals surface area (Å²) in [5.74, 6) is 0. The molecular formula is C44H42S2. The van der Waals surface area contributed by atoms with Gasteiger partial charge < -0.3 is 0 Å². The van der Waals surface area contributed by atoms with E-state index in [-0.39, 0.29) is 0 Å². The zero-order valence-electron chi connectivity index (χ0n) is 26.9. The average Bonchev–Trinajstić information content (AvgIpc) is 3.81. The van der Waals surface area contributed by atoms with Crippen molar-refractivity contribution >= 4 is 47.0 Å². The first kappa shape index (κ1) is 31.7. The van der Waals surface area contributed by atoms with Gasteiger partial charge >= 0.3 is 0 Å². The van der Waals surface area contributed by atoms with Crippen molar-refractivity contribution in [2.75, 3.05) is 0 Å². The summed E-state index contributed by atoms with van der Waals surface area (Å²) in [5.41, 5.74) is 10.3. The summed E-state index contributed by atoms with van der Waals surface area (Å²) in [4.78, 5) is 5.24. The van der Waals surface area contributed by atoms with Gasteiger partial charge in [-0.05, 0) is 94.5 Å². The zero-order chi connectivity index (χ0) is 31.6. The molecule has 0 amide bonds. The van der Waals surface area contributed by atoms with Crippen LogP contribution in [0.3, 0.4) is 0 Å². The molecule has 0 spiro atoms. The highest BCUT2D eigenvalue weighted by Crippen LogP contribution is 2.40. The highest BCUT2D eigenvalue weighted by molar-refractivity contribution is 7.25. The Hall–Kier alpha value is -4.24. The van der Waals surface area contributed by atoms with Crippen molar-refractivity contribution in [1.29, 1.82) is 0 Å². The van der Waals surface area contributed by atoms with E-state index < -0.39 is 0 Å². The fraction of sp³-hybridized carbons (Fsp3) is 0.182. The largest absolute Gasteiger partial charge is 0.134 e. The third-order valence-corrected chi connectivity index (χ3v) is 10.8. The van der Waals surface area contributed by atoms with E-state index in [4.69, 9.17) is 0 Å². The van der Waals surface area contributed by atoms with Crippen molar-refractivity contribution < 1.29 is 0 Å². The fourth-order valence-corrected chi connectivity index (χ4v) is 7.62. The number of aryl methyl sites for hydroxylation is 2. The molecule has 0 radical (unpaired) electrons. The van der Waals surface area contributed by atoms with E-state index in [0.717, 1.165) is 0 Å². The number of hydrogen-bond donors (Lipinski definition) is 0. The van der Waals surface area contributed by atoms with Gasteiger partial charge in [-0.3, -0.25) is 0 Å². The molecule has 0 aliphatic carbocycles. The highest BCUT2D eigenvalue weighted by atomic mass is 32.1. The molecular weight excluding hydrogens is 593 g/mol. The number of benzene rings is 4. The summed E-state index contributed by atoms with van der Waals surface area (Å²) in [6, 6.07) is 44.8. The van der Waals surface area contributed by atoms with Gasteiger partial charge in [0.25, 0.3) is 0 Å². The minimum atomic E-state index is 1.17. The fourth-order valence-electron chi connectivity index (χ4n) is 5.51. The van der Waals surface area contributed by atoms with Crippen molar-refractivity contribution in [2.45, 2.75) is 52.4 Å². The van der Waals surface area contributed by atoms with Gasteiger partial charge in [0.15, 0.2) is 0 Å². The maximum atomic E-state index is 2.26. The van der Waals surface area contributed by atoms with E-state index in [1.54, 1.807) is 0 Å². The first-order valence-electron chi connectivity index (χ1n) is 16.6. The summed E-state index contributed by atoms with van der Waals surface area (Å²) < 4.78 is 0. The van der Waals surface area contributed by atoms with Crippen molar-refractivity contribution in [3.05, 3.63) is 155 Å². The molecule has 2 heteroatoms. The average molecular weight is 635 g/mol. The van der Waals surface area contributed by atoms with E-state index in [0.29, 0.717) is 0 Å². The second-order valence-electron chi connectivity index (χ2n) is 11.9. The van der Waals surface area contributed by atoms with Crippen LogP contribution in [0.25, 0.3) is 54.9 Å². The number of hydrogen-bond acceptors (Lipinski definition) is 2. The van der Waals surface area contributed by atoms with Gasteiger partial charge in [0.05, 0.1) is 0 Å². The van der Waals surface area contributed by atoms with Crippen LogP contribution < -0.4 is 0 Å². The molecule has 0 saturated carbocycles. The van der Waals surface area contributed by atoms with Crippen LogP contribution in [0.2, 0.25) is 0 Å². The van der Waals surface area contributed by atoms with Gasteiger partial charge in [0.2, 0.25) is 0 Å². The topological polar surface area (TPSA) is 0 Å². The minimum absolute atomic E-state index is 1.17. The quantitative estimate of drug-likeness (QED) is 0.111. The molecule has 0 N–H and O–H groups in total. The van der Waals surface area contributed by atoms with Crippen LogP contribution in [0.4, 0.5) is 0 Å². The van der Waals surface area contributed by atoms with E-state index in [1.165, 1.54) is 103 Å². The maximum Gasteiger partial charge on any atom is 0.0449 e. The van der Waals surface area contributed by atoms with Crippen molar-refractivity contribution in [2.24, 2.45) is 0 Å². The van der Waals surface area contributed by atoms with Crippen LogP contribution in [0, 0.1) is 0 Å². The minimum Gasteiger partial charge on any atom is -0.134 e. The Morgan fingerprint density at radius 2 is 0.674 bits per heavy atom. The van der Waals surface area contributed by atoms with Gasteiger partial charge in [-0.1, -0.05) is 148 Å². The first-order chi connectivity index (χ1) is 22.7. The Kier molecular flexibility index (Phi) is 10.9. The Morgan fingerprint density at radius 3 is 1.00 bits per heavy atom. The molecule has 0 bridgehead atoms. The van der Waals surface area contributed by atoms with E-state index in [9.17, 15) is 0 Å². The van der Waals surface area contributed by atoms with Crippen LogP contribution in [0.1, 0.15) is 72.9 Å². The van der Waals surface area contributed by atoms with Crippen LogP contribution in [-0.4, -0.2) is 0 Å². The summed E-state index contributed by atoms with van der Waals surface area (Å²) in [5, 5.41) is 0. The van der Waals surface area contributed by atoms with Crippen LogP contribution in [-0.2, 0) is 12.8 Å². The lowest BCUT2D eigenvalue weighted by Crippen LogP contribution is -1.84. The first-order valence-corrected chi connectivity index (χ1v) is 18.2. The predicted octanol–water partition coefficient (Wildman–Crippen LogP) is 13.8. The van der Waals surface area contributed by atoms with Gasteiger partial charge in [-0.25, -0.2) is 0 Å². The summed E-state index contributed by atoms with van der Waals surface area (Å²) in [6.07, 6.45) is 16.1. The Morgan fingerprint density at radius 1 is 0.370 bits per heavy atom. The van der Waals surface area contributed by atoms with Crippen LogP contribution >= 0.6 is 22.7 Å². The highest BCUT2D eigenvalue weighted by Gasteiger charge is 2.09. The lowest BCUT2D eigenvalue weighted by molar-refractivity contribution is 0.795. The molecule has 4 aromatic carbocycles. The Labute approximate surface area is 283 Å². The number of rotatable bonds is 13. The van der Waals surface area contributed by atoms with Gasteiger partial charge in [-0.15, -0.1) is 22.7 Å². The molecule has 0 fully saturated rings. The molecule has 0 atom stereocenters. The van der Waals surface area contributed by atoms with E-state index in [1.807, 2.05) is 22.7 Å². The third-order valence-electron chi connectivity index (χ3n) is 8.38. The zero-order valence-corrected chi connectivity index (χ0v) is 28.5. The lowest BCUT2D eigenvalue weighted by Gasteiger charge is -2.01. The van der Waals surface area contributed by atoms with Gasteiger partial charge in [-0.2, -0.15) is 0 Å². The summed E-state index contributed by atoms with van der Waals surface area (Å²) in [7, 11) is 0. The standard InChI is InChI=1S/C44H42S2/c1-3-5-7-33-9-13-35(14-10-33)17-19-37-21-25-39(26-22-37)41-29-31-43(45-41)44-32-30-42(46-44)40-27-23-38(24-28-40)20-18-36-15-11-34(12-16-36)8-6-4-2/h9-32H,3-8H2,1-2H3. The normalized spacial score (nSPS) is 11.6. The molecule has 2 aromatic heterocycles. The van der Waals surface area contributed by atoms with Gasteiger partial charge in [0.1, 0.15) is 0 Å². The third kappa shape index (κ3) is 8.51. The lowest BCUT2D eigenvalue weighted by atomic mass is 10.1. The molecule has 2 heterocycles. The molecule has 46 heavy (non-hydrogen) atoms. The van der Waals surface area contributed by atoms with E-state index in [2.05, 4.69) is 159 Å². The number of unbranched alkanes of at least 4 members (excludes halogenated alkanes) is 2. The summed E-state index contributed by atoms with van der Waals surface area (Å²) >= 11 is 3.73. The van der Waals surface area contributed by atoms with E-state index >= 15 is 0 Å². The molecule has 6 rings (SSSR count). The molecule has 0 aliphatic rings. The number of thiophene rings is 2. The van der Waals surface area contributed by atoms with Crippen LogP contribution in [0.5, 0.6) is 0 Å².